The predicted molar refractivity (Wildman–Crippen MR) is 103 cm³/mol. The molecule has 0 N–H and O–H groups in total. The average Bonchev–Trinajstić information content (AvgIpc) is 3.32. The fourth-order valence-electron chi connectivity index (χ4n) is 4.00. The molecule has 0 radical (unpaired) electrons. The Hall–Kier alpha value is -1.11. The number of methoxy groups -OCH3 is 1. The number of hydrogen-bond acceptors (Lipinski definition) is 4. The highest BCUT2D eigenvalue weighted by atomic mass is 32.2. The molecule has 1 aliphatic carbocycles. The van der Waals surface area contributed by atoms with Crippen LogP contribution < -0.4 is 4.74 Å². The van der Waals surface area contributed by atoms with Crippen LogP contribution in [0.3, 0.4) is 0 Å². The maximum atomic E-state index is 12.8. The first kappa shape index (κ1) is 19.6. The van der Waals surface area contributed by atoms with E-state index in [0.29, 0.717) is 25.8 Å². The quantitative estimate of drug-likeness (QED) is 0.692. The molecular formula is C20H31NO4S. The molecule has 0 amide bonds. The van der Waals surface area contributed by atoms with Gasteiger partial charge in [-0.1, -0.05) is 31.9 Å². The Morgan fingerprint density at radius 1 is 1.15 bits per heavy atom. The average molecular weight is 382 g/mol. The van der Waals surface area contributed by atoms with Crippen LogP contribution in [0.1, 0.15) is 50.5 Å². The number of sulfonamides is 1. The molecule has 1 aromatic rings. The summed E-state index contributed by atoms with van der Waals surface area (Å²) in [6.07, 6.45) is 5.92. The second-order valence-electron chi connectivity index (χ2n) is 7.74. The first-order valence-electron chi connectivity index (χ1n) is 9.71. The fraction of sp³-hybridized carbons (Fsp3) is 0.700. The second kappa shape index (κ2) is 8.72. The van der Waals surface area contributed by atoms with E-state index in [1.807, 2.05) is 31.2 Å². The van der Waals surface area contributed by atoms with E-state index in [4.69, 9.17) is 9.47 Å². The van der Waals surface area contributed by atoms with Gasteiger partial charge in [0.15, 0.2) is 0 Å². The van der Waals surface area contributed by atoms with Gasteiger partial charge in [-0.2, -0.15) is 0 Å². The summed E-state index contributed by atoms with van der Waals surface area (Å²) < 4.78 is 38.3. The van der Waals surface area contributed by atoms with Gasteiger partial charge in [-0.05, 0) is 48.8 Å². The predicted octanol–water partition coefficient (Wildman–Crippen LogP) is 3.41. The highest BCUT2D eigenvalue weighted by molar-refractivity contribution is 7.89. The van der Waals surface area contributed by atoms with Crippen molar-refractivity contribution in [2.24, 2.45) is 5.92 Å². The smallest absolute Gasteiger partial charge is 0.214 e. The van der Waals surface area contributed by atoms with Crippen LogP contribution in [0.25, 0.3) is 0 Å². The summed E-state index contributed by atoms with van der Waals surface area (Å²) in [5.74, 6) is 1.29. The van der Waals surface area contributed by atoms with Gasteiger partial charge >= 0.3 is 0 Å². The van der Waals surface area contributed by atoms with E-state index >= 15 is 0 Å². The molecule has 1 heterocycles. The Kier molecular flexibility index (Phi) is 6.59. The number of rotatable bonds is 8. The van der Waals surface area contributed by atoms with Gasteiger partial charge < -0.3 is 9.47 Å². The molecule has 0 bridgehead atoms. The molecule has 1 saturated carbocycles. The maximum absolute atomic E-state index is 12.8. The standard InChI is InChI=1S/C20H31NO4S/c1-16(14-25-20-5-3-4-6-20)15-26(22,23)21-12-11-18(13-21)17-7-9-19(24-2)10-8-17/h7-10,16,18,20H,3-6,11-15H2,1-2H3. The summed E-state index contributed by atoms with van der Waals surface area (Å²) in [6, 6.07) is 7.96. The second-order valence-corrected chi connectivity index (χ2v) is 9.75. The van der Waals surface area contributed by atoms with Crippen molar-refractivity contribution in [1.29, 1.82) is 0 Å². The van der Waals surface area contributed by atoms with E-state index in [1.165, 1.54) is 18.4 Å². The number of hydrogen-bond donors (Lipinski definition) is 0. The first-order chi connectivity index (χ1) is 12.5. The molecule has 0 spiro atoms. The van der Waals surface area contributed by atoms with Crippen molar-refractivity contribution in [1.82, 2.24) is 4.31 Å². The summed E-state index contributed by atoms with van der Waals surface area (Å²) in [7, 11) is -1.58. The van der Waals surface area contributed by atoms with E-state index in [0.717, 1.165) is 25.0 Å². The molecule has 146 valence electrons. The first-order valence-corrected chi connectivity index (χ1v) is 11.3. The van der Waals surface area contributed by atoms with Crippen LogP contribution in [0.15, 0.2) is 24.3 Å². The summed E-state index contributed by atoms with van der Waals surface area (Å²) in [5.41, 5.74) is 1.18. The van der Waals surface area contributed by atoms with Gasteiger partial charge in [0.25, 0.3) is 0 Å². The number of ether oxygens (including phenoxy) is 2. The molecule has 6 heteroatoms. The van der Waals surface area contributed by atoms with E-state index in [-0.39, 0.29) is 17.6 Å². The van der Waals surface area contributed by atoms with Gasteiger partial charge in [0.1, 0.15) is 5.75 Å². The Morgan fingerprint density at radius 2 is 1.85 bits per heavy atom. The Morgan fingerprint density at radius 3 is 2.50 bits per heavy atom. The molecule has 26 heavy (non-hydrogen) atoms. The molecule has 2 aliphatic rings. The number of nitrogens with zero attached hydrogens (tertiary/aromatic N) is 1. The van der Waals surface area contributed by atoms with Gasteiger partial charge in [-0.25, -0.2) is 12.7 Å². The largest absolute Gasteiger partial charge is 0.497 e. The van der Waals surface area contributed by atoms with Gasteiger partial charge in [-0.15, -0.1) is 0 Å². The third-order valence-electron chi connectivity index (χ3n) is 5.55. The zero-order chi connectivity index (χ0) is 18.6. The summed E-state index contributed by atoms with van der Waals surface area (Å²) in [5, 5.41) is 0. The Labute approximate surface area is 157 Å². The third-order valence-corrected chi connectivity index (χ3v) is 7.65. The van der Waals surface area contributed by atoms with Gasteiger partial charge in [0.05, 0.1) is 25.6 Å². The van der Waals surface area contributed by atoms with Crippen molar-refractivity contribution in [2.45, 2.75) is 51.0 Å². The Balaban J connectivity index is 1.50. The van der Waals surface area contributed by atoms with Gasteiger partial charge in [0.2, 0.25) is 10.0 Å². The Bertz CT molecular complexity index is 668. The van der Waals surface area contributed by atoms with Gasteiger partial charge in [0, 0.05) is 13.1 Å². The van der Waals surface area contributed by atoms with Crippen LogP contribution in [0, 0.1) is 5.92 Å². The highest BCUT2D eigenvalue weighted by Crippen LogP contribution is 2.30. The maximum Gasteiger partial charge on any atom is 0.214 e. The molecule has 2 fully saturated rings. The normalized spacial score (nSPS) is 23.4. The lowest BCUT2D eigenvalue weighted by atomic mass is 9.99. The zero-order valence-corrected chi connectivity index (χ0v) is 16.7. The minimum atomic E-state index is -3.23. The lowest BCUT2D eigenvalue weighted by Gasteiger charge is -2.21. The molecule has 2 unspecified atom stereocenters. The molecule has 2 atom stereocenters. The van der Waals surface area contributed by atoms with Crippen LogP contribution in [0.2, 0.25) is 0 Å². The minimum absolute atomic E-state index is 0.0284. The van der Waals surface area contributed by atoms with Crippen molar-refractivity contribution in [2.75, 3.05) is 32.6 Å². The van der Waals surface area contributed by atoms with E-state index in [1.54, 1.807) is 11.4 Å². The molecule has 1 aliphatic heterocycles. The summed E-state index contributed by atoms with van der Waals surface area (Å²) >= 11 is 0. The summed E-state index contributed by atoms with van der Waals surface area (Å²) in [6.45, 7) is 3.70. The molecule has 1 aromatic carbocycles. The minimum Gasteiger partial charge on any atom is -0.497 e. The monoisotopic (exact) mass is 381 g/mol. The molecule has 3 rings (SSSR count). The SMILES string of the molecule is COc1ccc(C2CCN(S(=O)(=O)CC(C)COC3CCCC3)C2)cc1. The topological polar surface area (TPSA) is 55.8 Å². The molecule has 0 aromatic heterocycles. The molecule has 1 saturated heterocycles. The summed E-state index contributed by atoms with van der Waals surface area (Å²) in [4.78, 5) is 0. The fourth-order valence-corrected chi connectivity index (χ4v) is 5.81. The molecule has 5 nitrogen and oxygen atoms in total. The van der Waals surface area contributed by atoms with Crippen LogP contribution in [-0.4, -0.2) is 51.4 Å². The lowest BCUT2D eigenvalue weighted by Crippen LogP contribution is -2.34. The van der Waals surface area contributed by atoms with Crippen LogP contribution in [0.4, 0.5) is 0 Å². The van der Waals surface area contributed by atoms with Crippen molar-refractivity contribution in [3.05, 3.63) is 29.8 Å². The van der Waals surface area contributed by atoms with Gasteiger partial charge in [-0.3, -0.25) is 0 Å². The van der Waals surface area contributed by atoms with E-state index in [9.17, 15) is 8.42 Å². The zero-order valence-electron chi connectivity index (χ0n) is 15.9. The van der Waals surface area contributed by atoms with Crippen molar-refractivity contribution in [3.63, 3.8) is 0 Å². The van der Waals surface area contributed by atoms with Crippen molar-refractivity contribution in [3.8, 4) is 5.75 Å². The van der Waals surface area contributed by atoms with E-state index in [2.05, 4.69) is 0 Å². The third kappa shape index (κ3) is 4.99. The highest BCUT2D eigenvalue weighted by Gasteiger charge is 2.33. The number of benzene rings is 1. The lowest BCUT2D eigenvalue weighted by molar-refractivity contribution is 0.0411. The molecular weight excluding hydrogens is 350 g/mol. The van der Waals surface area contributed by atoms with Crippen molar-refractivity contribution >= 4 is 10.0 Å². The van der Waals surface area contributed by atoms with Crippen LogP contribution in [-0.2, 0) is 14.8 Å². The van der Waals surface area contributed by atoms with Crippen LogP contribution in [0.5, 0.6) is 5.75 Å². The van der Waals surface area contributed by atoms with Crippen molar-refractivity contribution < 1.29 is 17.9 Å². The van der Waals surface area contributed by atoms with E-state index < -0.39 is 10.0 Å². The van der Waals surface area contributed by atoms with Crippen LogP contribution >= 0.6 is 0 Å².